The van der Waals surface area contributed by atoms with Gasteiger partial charge >= 0.3 is 0 Å². The zero-order valence-corrected chi connectivity index (χ0v) is 12.6. The molecule has 2 aromatic rings. The van der Waals surface area contributed by atoms with Gasteiger partial charge in [0.25, 0.3) is 0 Å². The van der Waals surface area contributed by atoms with Crippen molar-refractivity contribution in [2.45, 2.75) is 19.8 Å². The van der Waals surface area contributed by atoms with Crippen molar-refractivity contribution in [3.63, 3.8) is 0 Å². The fraction of sp³-hybridized carbons (Fsp3) is 0.375. The number of rotatable bonds is 4. The molecule has 0 saturated carbocycles. The highest BCUT2D eigenvalue weighted by Gasteiger charge is 2.12. The monoisotopic (exact) mass is 283 g/mol. The summed E-state index contributed by atoms with van der Waals surface area (Å²) in [5.74, 6) is 1.46. The highest BCUT2D eigenvalue weighted by Crippen LogP contribution is 2.24. The molecule has 3 rings (SSSR count). The molecule has 5 nitrogen and oxygen atoms in total. The molecule has 21 heavy (non-hydrogen) atoms. The van der Waals surface area contributed by atoms with Crippen molar-refractivity contribution >= 4 is 23.1 Å². The van der Waals surface area contributed by atoms with Crippen LogP contribution in [0.4, 0.5) is 23.1 Å². The molecule has 0 spiro atoms. The van der Waals surface area contributed by atoms with Crippen LogP contribution in [0.5, 0.6) is 0 Å². The van der Waals surface area contributed by atoms with Gasteiger partial charge in [0.15, 0.2) is 0 Å². The first-order valence-electron chi connectivity index (χ1n) is 7.40. The van der Waals surface area contributed by atoms with Crippen molar-refractivity contribution in [3.05, 3.63) is 36.0 Å². The minimum atomic E-state index is 0.622. The van der Waals surface area contributed by atoms with Crippen LogP contribution in [0.1, 0.15) is 18.4 Å². The van der Waals surface area contributed by atoms with Crippen LogP contribution in [0.3, 0.4) is 0 Å². The average Bonchev–Trinajstić information content (AvgIpc) is 3.04. The molecule has 0 atom stereocenters. The van der Waals surface area contributed by atoms with Crippen molar-refractivity contribution < 1.29 is 0 Å². The van der Waals surface area contributed by atoms with Gasteiger partial charge in [-0.25, -0.2) is 4.98 Å². The molecule has 110 valence electrons. The van der Waals surface area contributed by atoms with Crippen LogP contribution in [0.15, 0.2) is 30.5 Å². The van der Waals surface area contributed by atoms with E-state index in [0.717, 1.165) is 17.1 Å². The van der Waals surface area contributed by atoms with Gasteiger partial charge in [0.1, 0.15) is 5.82 Å². The lowest BCUT2D eigenvalue weighted by molar-refractivity contribution is 0.949. The van der Waals surface area contributed by atoms with Crippen LogP contribution < -0.4 is 15.5 Å². The van der Waals surface area contributed by atoms with Crippen LogP contribution in [0.2, 0.25) is 0 Å². The quantitative estimate of drug-likeness (QED) is 0.902. The molecular formula is C16H21N5. The van der Waals surface area contributed by atoms with Crippen molar-refractivity contribution in [1.82, 2.24) is 9.97 Å². The topological polar surface area (TPSA) is 53.1 Å². The largest absolute Gasteiger partial charge is 0.372 e. The number of hydrogen-bond acceptors (Lipinski definition) is 5. The van der Waals surface area contributed by atoms with Crippen LogP contribution in [-0.4, -0.2) is 30.1 Å². The van der Waals surface area contributed by atoms with Crippen molar-refractivity contribution in [2.75, 3.05) is 35.7 Å². The van der Waals surface area contributed by atoms with E-state index < -0.39 is 0 Å². The molecule has 0 radical (unpaired) electrons. The summed E-state index contributed by atoms with van der Waals surface area (Å²) < 4.78 is 0. The summed E-state index contributed by atoms with van der Waals surface area (Å²) in [6.07, 6.45) is 4.42. The second kappa shape index (κ2) is 5.99. The van der Waals surface area contributed by atoms with E-state index in [2.05, 4.69) is 49.8 Å². The summed E-state index contributed by atoms with van der Waals surface area (Å²) >= 11 is 0. The lowest BCUT2D eigenvalue weighted by Crippen LogP contribution is -2.17. The van der Waals surface area contributed by atoms with E-state index in [4.69, 9.17) is 0 Å². The van der Waals surface area contributed by atoms with Gasteiger partial charge in [-0.15, -0.1) is 0 Å². The zero-order chi connectivity index (χ0) is 14.7. The molecular weight excluding hydrogens is 262 g/mol. The van der Waals surface area contributed by atoms with Gasteiger partial charge in [-0.3, -0.25) is 0 Å². The zero-order valence-electron chi connectivity index (χ0n) is 12.6. The van der Waals surface area contributed by atoms with Crippen molar-refractivity contribution in [1.29, 1.82) is 0 Å². The minimum Gasteiger partial charge on any atom is -0.372 e. The molecule has 1 saturated heterocycles. The third-order valence-electron chi connectivity index (χ3n) is 3.80. The van der Waals surface area contributed by atoms with Crippen LogP contribution in [0, 0.1) is 6.92 Å². The lowest BCUT2D eigenvalue weighted by atomic mass is 10.2. The Hall–Kier alpha value is -2.30. The first-order chi connectivity index (χ1) is 10.3. The average molecular weight is 283 g/mol. The fourth-order valence-electron chi connectivity index (χ4n) is 2.56. The molecule has 1 aliphatic rings. The van der Waals surface area contributed by atoms with Gasteiger partial charge in [-0.2, -0.15) is 4.98 Å². The molecule has 0 aliphatic carbocycles. The summed E-state index contributed by atoms with van der Waals surface area (Å²) in [5, 5.41) is 6.31. The number of anilines is 4. The molecule has 5 heteroatoms. The third kappa shape index (κ3) is 3.07. The second-order valence-electron chi connectivity index (χ2n) is 5.34. The van der Waals surface area contributed by atoms with E-state index in [1.807, 2.05) is 20.2 Å². The number of nitrogens with zero attached hydrogens (tertiary/aromatic N) is 3. The lowest BCUT2D eigenvalue weighted by Gasteiger charge is -2.18. The van der Waals surface area contributed by atoms with Crippen molar-refractivity contribution in [3.8, 4) is 0 Å². The molecule has 0 amide bonds. The molecule has 0 unspecified atom stereocenters. The SMILES string of the molecule is CNc1ncc(C)c(Nc2ccc(N3CCCC3)cc2)n1. The summed E-state index contributed by atoms with van der Waals surface area (Å²) in [6.45, 7) is 4.34. The van der Waals surface area contributed by atoms with E-state index >= 15 is 0 Å². The predicted molar refractivity (Wildman–Crippen MR) is 87.5 cm³/mol. The maximum absolute atomic E-state index is 4.44. The van der Waals surface area contributed by atoms with E-state index in [-0.39, 0.29) is 0 Å². The summed E-state index contributed by atoms with van der Waals surface area (Å²) in [5.41, 5.74) is 3.37. The smallest absolute Gasteiger partial charge is 0.224 e. The molecule has 0 bridgehead atoms. The summed E-state index contributed by atoms with van der Waals surface area (Å²) in [6, 6.07) is 8.55. The van der Waals surface area contributed by atoms with E-state index in [9.17, 15) is 0 Å². The molecule has 2 N–H and O–H groups in total. The normalized spacial score (nSPS) is 14.3. The Kier molecular flexibility index (Phi) is 3.90. The molecule has 1 aliphatic heterocycles. The molecule has 1 aromatic carbocycles. The molecule has 2 heterocycles. The maximum atomic E-state index is 4.44. The van der Waals surface area contributed by atoms with Gasteiger partial charge in [0.2, 0.25) is 5.95 Å². The first kappa shape index (κ1) is 13.7. The standard InChI is InChI=1S/C16H21N5/c1-12-11-18-16(17-2)20-15(12)19-13-5-7-14(8-6-13)21-9-3-4-10-21/h5-8,11H,3-4,9-10H2,1-2H3,(H2,17,18,19,20). The van der Waals surface area contributed by atoms with Crippen LogP contribution in [0.25, 0.3) is 0 Å². The van der Waals surface area contributed by atoms with E-state index in [1.165, 1.54) is 31.6 Å². The Labute approximate surface area is 125 Å². The van der Waals surface area contributed by atoms with Crippen LogP contribution in [-0.2, 0) is 0 Å². The number of hydrogen-bond donors (Lipinski definition) is 2. The number of aryl methyl sites for hydroxylation is 1. The first-order valence-corrected chi connectivity index (χ1v) is 7.40. The van der Waals surface area contributed by atoms with E-state index in [0.29, 0.717) is 5.95 Å². The molecule has 1 fully saturated rings. The Morgan fingerprint density at radius 2 is 1.81 bits per heavy atom. The maximum Gasteiger partial charge on any atom is 0.224 e. The van der Waals surface area contributed by atoms with Gasteiger partial charge in [-0.1, -0.05) is 0 Å². The Balaban J connectivity index is 1.75. The van der Waals surface area contributed by atoms with Crippen molar-refractivity contribution in [2.24, 2.45) is 0 Å². The Bertz CT molecular complexity index is 603. The highest BCUT2D eigenvalue weighted by molar-refractivity contribution is 5.63. The number of aromatic nitrogens is 2. The second-order valence-corrected chi connectivity index (χ2v) is 5.34. The Morgan fingerprint density at radius 1 is 1.10 bits per heavy atom. The van der Waals surface area contributed by atoms with Gasteiger partial charge < -0.3 is 15.5 Å². The van der Waals surface area contributed by atoms with E-state index in [1.54, 1.807) is 0 Å². The van der Waals surface area contributed by atoms with Gasteiger partial charge in [0.05, 0.1) is 0 Å². The number of benzene rings is 1. The van der Waals surface area contributed by atoms with Crippen LogP contribution >= 0.6 is 0 Å². The summed E-state index contributed by atoms with van der Waals surface area (Å²) in [4.78, 5) is 11.1. The summed E-state index contributed by atoms with van der Waals surface area (Å²) in [7, 11) is 1.82. The predicted octanol–water partition coefficient (Wildman–Crippen LogP) is 3.17. The third-order valence-corrected chi connectivity index (χ3v) is 3.80. The number of nitrogens with one attached hydrogen (secondary N) is 2. The fourth-order valence-corrected chi connectivity index (χ4v) is 2.56. The van der Waals surface area contributed by atoms with Gasteiger partial charge in [-0.05, 0) is 44.0 Å². The van der Waals surface area contributed by atoms with Gasteiger partial charge in [0, 0.05) is 43.3 Å². The minimum absolute atomic E-state index is 0.622. The molecule has 1 aromatic heterocycles. The highest BCUT2D eigenvalue weighted by atomic mass is 15.1. The Morgan fingerprint density at radius 3 is 2.48 bits per heavy atom.